The van der Waals surface area contributed by atoms with Gasteiger partial charge in [-0.3, -0.25) is 14.6 Å². The van der Waals surface area contributed by atoms with Gasteiger partial charge in [-0.2, -0.15) is 0 Å². The molecule has 0 aliphatic rings. The zero-order chi connectivity index (χ0) is 16.8. The number of benzene rings is 1. The van der Waals surface area contributed by atoms with Crippen LogP contribution in [0.4, 0.5) is 0 Å². The predicted octanol–water partition coefficient (Wildman–Crippen LogP) is 1.70. The van der Waals surface area contributed by atoms with Gasteiger partial charge in [-0.25, -0.2) is 0 Å². The van der Waals surface area contributed by atoms with E-state index in [2.05, 4.69) is 4.99 Å². The van der Waals surface area contributed by atoms with E-state index in [0.717, 1.165) is 5.56 Å². The standard InChI is InChI=1S/C17H18N2O4/c1-19-11-13(7-8-16(19)21)14(20)10-18-9-12-5-4-6-15(22-2)17(12)23-3/h4-9,11H,10H2,1-3H3. The van der Waals surface area contributed by atoms with Crippen molar-refractivity contribution in [3.8, 4) is 11.5 Å². The van der Waals surface area contributed by atoms with Crippen molar-refractivity contribution in [2.45, 2.75) is 0 Å². The van der Waals surface area contributed by atoms with Crippen LogP contribution in [0.15, 0.2) is 46.3 Å². The van der Waals surface area contributed by atoms with E-state index >= 15 is 0 Å². The largest absolute Gasteiger partial charge is 0.493 e. The van der Waals surface area contributed by atoms with Crippen molar-refractivity contribution < 1.29 is 14.3 Å². The van der Waals surface area contributed by atoms with Crippen LogP contribution in [0.1, 0.15) is 15.9 Å². The third-order valence-corrected chi connectivity index (χ3v) is 3.31. The summed E-state index contributed by atoms with van der Waals surface area (Å²) in [7, 11) is 4.70. The second-order valence-electron chi connectivity index (χ2n) is 4.84. The molecule has 2 aromatic rings. The number of aryl methyl sites for hydroxylation is 1. The van der Waals surface area contributed by atoms with Crippen molar-refractivity contribution in [1.29, 1.82) is 0 Å². The summed E-state index contributed by atoms with van der Waals surface area (Å²) in [6, 6.07) is 8.29. The van der Waals surface area contributed by atoms with Crippen LogP contribution in [0, 0.1) is 0 Å². The summed E-state index contributed by atoms with van der Waals surface area (Å²) in [5.41, 5.74) is 1.01. The molecule has 6 heteroatoms. The minimum Gasteiger partial charge on any atom is -0.493 e. The topological polar surface area (TPSA) is 69.9 Å². The lowest BCUT2D eigenvalue weighted by atomic mass is 10.2. The van der Waals surface area contributed by atoms with Gasteiger partial charge < -0.3 is 14.0 Å². The number of ether oxygens (including phenoxy) is 2. The summed E-state index contributed by atoms with van der Waals surface area (Å²) < 4.78 is 11.9. The highest BCUT2D eigenvalue weighted by atomic mass is 16.5. The molecule has 23 heavy (non-hydrogen) atoms. The van der Waals surface area contributed by atoms with E-state index in [1.165, 1.54) is 22.9 Å². The van der Waals surface area contributed by atoms with Crippen molar-refractivity contribution in [3.05, 3.63) is 58.0 Å². The molecule has 0 N–H and O–H groups in total. The van der Waals surface area contributed by atoms with Crippen molar-refractivity contribution in [1.82, 2.24) is 4.57 Å². The van der Waals surface area contributed by atoms with Gasteiger partial charge in [0.05, 0.1) is 14.2 Å². The lowest BCUT2D eigenvalue weighted by molar-refractivity contribution is 0.100. The van der Waals surface area contributed by atoms with Crippen LogP contribution in [-0.2, 0) is 7.05 Å². The lowest BCUT2D eigenvalue weighted by Gasteiger charge is -2.09. The van der Waals surface area contributed by atoms with Crippen LogP contribution in [0.25, 0.3) is 0 Å². The van der Waals surface area contributed by atoms with Gasteiger partial charge in [0.15, 0.2) is 17.3 Å². The number of ketones is 1. The first-order valence-electron chi connectivity index (χ1n) is 6.97. The number of hydrogen-bond acceptors (Lipinski definition) is 5. The Hall–Kier alpha value is -2.89. The quantitative estimate of drug-likeness (QED) is 0.601. The summed E-state index contributed by atoms with van der Waals surface area (Å²) >= 11 is 0. The van der Waals surface area contributed by atoms with E-state index in [-0.39, 0.29) is 17.9 Å². The number of nitrogens with zero attached hydrogens (tertiary/aromatic N) is 2. The fourth-order valence-corrected chi connectivity index (χ4v) is 2.09. The average molecular weight is 314 g/mol. The number of carbonyl (C=O) groups excluding carboxylic acids is 1. The number of Topliss-reactive ketones (excluding diaryl/α,β-unsaturated/α-hetero) is 1. The van der Waals surface area contributed by atoms with Gasteiger partial charge in [0.1, 0.15) is 6.54 Å². The maximum atomic E-state index is 12.1. The smallest absolute Gasteiger partial charge is 0.250 e. The summed E-state index contributed by atoms with van der Waals surface area (Å²) in [4.78, 5) is 27.6. The molecule has 0 bridgehead atoms. The van der Waals surface area contributed by atoms with Crippen molar-refractivity contribution in [2.24, 2.45) is 12.0 Å². The highest BCUT2D eigenvalue weighted by molar-refractivity contribution is 5.98. The van der Waals surface area contributed by atoms with Crippen LogP contribution < -0.4 is 15.0 Å². The molecule has 0 fully saturated rings. The van der Waals surface area contributed by atoms with Crippen LogP contribution >= 0.6 is 0 Å². The molecule has 1 heterocycles. The molecule has 0 aliphatic carbocycles. The average Bonchev–Trinajstić information content (AvgIpc) is 2.56. The Morgan fingerprint density at radius 1 is 1.22 bits per heavy atom. The first kappa shape index (κ1) is 16.5. The Balaban J connectivity index is 2.14. The van der Waals surface area contributed by atoms with E-state index in [1.54, 1.807) is 33.5 Å². The Labute approximate surface area is 134 Å². The minimum absolute atomic E-state index is 0.0153. The zero-order valence-electron chi connectivity index (χ0n) is 13.3. The molecule has 0 spiro atoms. The molecule has 0 amide bonds. The molecule has 0 aliphatic heterocycles. The van der Waals surface area contributed by atoms with Gasteiger partial charge in [-0.05, 0) is 18.2 Å². The molecule has 0 radical (unpaired) electrons. The summed E-state index contributed by atoms with van der Waals surface area (Å²) in [6.45, 7) is -0.0153. The van der Waals surface area contributed by atoms with Crippen LogP contribution in [0.3, 0.4) is 0 Å². The van der Waals surface area contributed by atoms with Crippen molar-refractivity contribution in [3.63, 3.8) is 0 Å². The van der Waals surface area contributed by atoms with Crippen molar-refractivity contribution >= 4 is 12.0 Å². The lowest BCUT2D eigenvalue weighted by Crippen LogP contribution is -2.17. The normalized spacial score (nSPS) is 10.7. The first-order valence-corrected chi connectivity index (χ1v) is 6.97. The second kappa shape index (κ2) is 7.40. The van der Waals surface area contributed by atoms with Crippen LogP contribution in [0.2, 0.25) is 0 Å². The van der Waals surface area contributed by atoms with Crippen molar-refractivity contribution in [2.75, 3.05) is 20.8 Å². The number of hydrogen-bond donors (Lipinski definition) is 0. The monoisotopic (exact) mass is 314 g/mol. The number of para-hydroxylation sites is 1. The number of aliphatic imine (C=N–C) groups is 1. The number of methoxy groups -OCH3 is 2. The zero-order valence-corrected chi connectivity index (χ0v) is 13.3. The number of aromatic nitrogens is 1. The molecular formula is C17H18N2O4. The summed E-state index contributed by atoms with van der Waals surface area (Å²) in [5, 5.41) is 0. The molecule has 120 valence electrons. The number of rotatable bonds is 6. The molecule has 0 unspecified atom stereocenters. The molecule has 0 saturated carbocycles. The maximum Gasteiger partial charge on any atom is 0.250 e. The Kier molecular flexibility index (Phi) is 5.30. The molecule has 6 nitrogen and oxygen atoms in total. The van der Waals surface area contributed by atoms with E-state index in [9.17, 15) is 9.59 Å². The predicted molar refractivity (Wildman–Crippen MR) is 88.0 cm³/mol. The van der Waals surface area contributed by atoms with Crippen LogP contribution in [-0.4, -0.2) is 37.3 Å². The fourth-order valence-electron chi connectivity index (χ4n) is 2.09. The molecule has 0 saturated heterocycles. The van der Waals surface area contributed by atoms with Gasteiger partial charge in [0, 0.05) is 36.7 Å². The van der Waals surface area contributed by atoms with Gasteiger partial charge in [-0.15, -0.1) is 0 Å². The molecule has 0 atom stereocenters. The van der Waals surface area contributed by atoms with Gasteiger partial charge in [0.25, 0.3) is 0 Å². The Morgan fingerprint density at radius 2 is 2.00 bits per heavy atom. The molecular weight excluding hydrogens is 296 g/mol. The summed E-state index contributed by atoms with van der Waals surface area (Å²) in [5.74, 6) is 0.993. The SMILES string of the molecule is COc1cccc(C=NCC(=O)c2ccc(=O)n(C)c2)c1OC. The van der Waals surface area contributed by atoms with Gasteiger partial charge in [-0.1, -0.05) is 6.07 Å². The van der Waals surface area contributed by atoms with E-state index in [4.69, 9.17) is 9.47 Å². The molecule has 2 rings (SSSR count). The van der Waals surface area contributed by atoms with Crippen LogP contribution in [0.5, 0.6) is 11.5 Å². The maximum absolute atomic E-state index is 12.1. The summed E-state index contributed by atoms with van der Waals surface area (Å²) in [6.07, 6.45) is 3.08. The Morgan fingerprint density at radius 3 is 2.65 bits per heavy atom. The Bertz CT molecular complexity index is 793. The first-order chi connectivity index (χ1) is 11.1. The second-order valence-corrected chi connectivity index (χ2v) is 4.84. The minimum atomic E-state index is -0.168. The third-order valence-electron chi connectivity index (χ3n) is 3.31. The van der Waals surface area contributed by atoms with E-state index in [0.29, 0.717) is 17.1 Å². The van der Waals surface area contributed by atoms with E-state index < -0.39 is 0 Å². The molecule has 1 aromatic carbocycles. The number of carbonyl (C=O) groups is 1. The third kappa shape index (κ3) is 3.85. The van der Waals surface area contributed by atoms with Gasteiger partial charge >= 0.3 is 0 Å². The molecule has 1 aromatic heterocycles. The van der Waals surface area contributed by atoms with E-state index in [1.807, 2.05) is 12.1 Å². The highest BCUT2D eigenvalue weighted by Crippen LogP contribution is 2.29. The highest BCUT2D eigenvalue weighted by Gasteiger charge is 2.08. The number of pyridine rings is 1. The van der Waals surface area contributed by atoms with Gasteiger partial charge in [0.2, 0.25) is 5.56 Å². The fraction of sp³-hybridized carbons (Fsp3) is 0.235.